The van der Waals surface area contributed by atoms with Crippen molar-refractivity contribution in [3.63, 3.8) is 0 Å². The minimum absolute atomic E-state index is 0.0280. The second-order valence-corrected chi connectivity index (χ2v) is 5.13. The molecule has 2 rings (SSSR count). The van der Waals surface area contributed by atoms with E-state index in [2.05, 4.69) is 29.3 Å². The van der Waals surface area contributed by atoms with Crippen molar-refractivity contribution in [2.45, 2.75) is 38.0 Å². The number of carbonyl (C=O) groups is 1. The summed E-state index contributed by atoms with van der Waals surface area (Å²) in [6.45, 7) is 6.21. The Hall–Kier alpha value is -1.81. The van der Waals surface area contributed by atoms with Gasteiger partial charge in [0.05, 0.1) is 6.10 Å². The average Bonchev–Trinajstić information content (AvgIpc) is 2.48. The largest absolute Gasteiger partial charge is 0.373 e. The number of urea groups is 1. The number of rotatable bonds is 4. The van der Waals surface area contributed by atoms with Gasteiger partial charge in [-0.05, 0) is 25.3 Å². The van der Waals surface area contributed by atoms with Crippen LogP contribution in [0, 0.1) is 0 Å². The van der Waals surface area contributed by atoms with E-state index in [4.69, 9.17) is 4.74 Å². The zero-order valence-corrected chi connectivity index (χ0v) is 11.8. The number of hydrogen-bond acceptors (Lipinski definition) is 2. The fourth-order valence-corrected chi connectivity index (χ4v) is 2.32. The van der Waals surface area contributed by atoms with Gasteiger partial charge in [0.1, 0.15) is 0 Å². The first-order chi connectivity index (χ1) is 9.69. The lowest BCUT2D eigenvalue weighted by molar-refractivity contribution is 0.00224. The monoisotopic (exact) mass is 274 g/mol. The van der Waals surface area contributed by atoms with Gasteiger partial charge in [0.2, 0.25) is 0 Å². The van der Waals surface area contributed by atoms with Crippen LogP contribution in [0.5, 0.6) is 0 Å². The molecule has 2 N–H and O–H groups in total. The zero-order chi connectivity index (χ0) is 14.4. The summed E-state index contributed by atoms with van der Waals surface area (Å²) in [4.78, 5) is 11.8. The molecule has 1 saturated heterocycles. The second kappa shape index (κ2) is 7.10. The molecule has 0 saturated carbocycles. The molecule has 0 radical (unpaired) electrons. The van der Waals surface area contributed by atoms with Gasteiger partial charge in [-0.1, -0.05) is 36.4 Å². The van der Waals surface area contributed by atoms with E-state index in [-0.39, 0.29) is 24.2 Å². The number of benzene rings is 1. The summed E-state index contributed by atoms with van der Waals surface area (Å²) in [7, 11) is 0. The maximum atomic E-state index is 11.8. The summed E-state index contributed by atoms with van der Waals surface area (Å²) in [6.07, 6.45) is 3.42. The molecule has 4 heteroatoms. The van der Waals surface area contributed by atoms with Gasteiger partial charge in [0.25, 0.3) is 0 Å². The molecule has 4 nitrogen and oxygen atoms in total. The van der Waals surface area contributed by atoms with Gasteiger partial charge in [-0.3, -0.25) is 0 Å². The van der Waals surface area contributed by atoms with E-state index >= 15 is 0 Å². The normalized spacial score (nSPS) is 23.6. The number of carbonyl (C=O) groups excluding carboxylic acids is 1. The highest BCUT2D eigenvalue weighted by atomic mass is 16.5. The quantitative estimate of drug-likeness (QED) is 0.829. The summed E-state index contributed by atoms with van der Waals surface area (Å²) < 4.78 is 5.79. The molecule has 2 amide bonds. The van der Waals surface area contributed by atoms with E-state index in [9.17, 15) is 4.79 Å². The van der Waals surface area contributed by atoms with Crippen molar-refractivity contribution in [1.82, 2.24) is 10.6 Å². The molecule has 3 atom stereocenters. The van der Waals surface area contributed by atoms with Gasteiger partial charge in [0, 0.05) is 18.7 Å². The Morgan fingerprint density at radius 3 is 2.90 bits per heavy atom. The molecule has 1 aliphatic heterocycles. The van der Waals surface area contributed by atoms with E-state index in [0.717, 1.165) is 12.8 Å². The lowest BCUT2D eigenvalue weighted by atomic mass is 9.97. The number of nitrogens with one attached hydrogen (secondary N) is 2. The van der Waals surface area contributed by atoms with Crippen LogP contribution in [-0.2, 0) is 4.74 Å². The number of hydrogen-bond donors (Lipinski definition) is 2. The summed E-state index contributed by atoms with van der Waals surface area (Å²) >= 11 is 0. The number of amides is 2. The molecular formula is C16H22N2O2. The first-order valence-electron chi connectivity index (χ1n) is 7.05. The van der Waals surface area contributed by atoms with Crippen LogP contribution >= 0.6 is 0 Å². The number of ether oxygens (including phenoxy) is 1. The summed E-state index contributed by atoms with van der Waals surface area (Å²) in [5.74, 6) is 0. The Balaban J connectivity index is 1.87. The highest BCUT2D eigenvalue weighted by Crippen LogP contribution is 2.27. The van der Waals surface area contributed by atoms with Crippen LogP contribution in [0.25, 0.3) is 0 Å². The molecule has 0 bridgehead atoms. The molecule has 108 valence electrons. The maximum Gasteiger partial charge on any atom is 0.315 e. The Bertz CT molecular complexity index is 447. The van der Waals surface area contributed by atoms with Gasteiger partial charge in [0.15, 0.2) is 0 Å². The molecule has 0 aliphatic carbocycles. The molecular weight excluding hydrogens is 252 g/mol. The molecule has 1 aromatic rings. The second-order valence-electron chi connectivity index (χ2n) is 5.13. The first-order valence-corrected chi connectivity index (χ1v) is 7.05. The van der Waals surface area contributed by atoms with E-state index in [0.29, 0.717) is 6.61 Å². The minimum atomic E-state index is -0.142. The van der Waals surface area contributed by atoms with Gasteiger partial charge in [-0.2, -0.15) is 0 Å². The van der Waals surface area contributed by atoms with Crippen molar-refractivity contribution >= 4 is 6.03 Å². The first kappa shape index (κ1) is 14.6. The summed E-state index contributed by atoms with van der Waals surface area (Å²) in [6, 6.07) is 10.1. The van der Waals surface area contributed by atoms with Crippen molar-refractivity contribution in [1.29, 1.82) is 0 Å². The average molecular weight is 274 g/mol. The van der Waals surface area contributed by atoms with Crippen LogP contribution < -0.4 is 10.6 Å². The fourth-order valence-electron chi connectivity index (χ4n) is 2.32. The molecule has 0 unspecified atom stereocenters. The Morgan fingerprint density at radius 2 is 2.20 bits per heavy atom. The minimum Gasteiger partial charge on any atom is -0.373 e. The van der Waals surface area contributed by atoms with Crippen LogP contribution in [-0.4, -0.2) is 24.7 Å². The van der Waals surface area contributed by atoms with Crippen molar-refractivity contribution in [2.75, 3.05) is 6.61 Å². The Morgan fingerprint density at radius 1 is 1.45 bits per heavy atom. The summed E-state index contributed by atoms with van der Waals surface area (Å²) in [5, 5.41) is 5.83. The van der Waals surface area contributed by atoms with Gasteiger partial charge < -0.3 is 15.4 Å². The highest BCUT2D eigenvalue weighted by molar-refractivity contribution is 5.74. The smallest absolute Gasteiger partial charge is 0.315 e. The molecule has 0 aromatic heterocycles. The van der Waals surface area contributed by atoms with Crippen molar-refractivity contribution in [3.05, 3.63) is 48.6 Å². The SMILES string of the molecule is C=C[C@H](C)NC(=O)N[C@H]1CCO[C@H](c2ccccc2)C1. The van der Waals surface area contributed by atoms with Gasteiger partial charge in [-0.25, -0.2) is 4.79 Å². The molecule has 1 heterocycles. The van der Waals surface area contributed by atoms with Crippen LogP contribution in [0.15, 0.2) is 43.0 Å². The van der Waals surface area contributed by atoms with E-state index in [1.54, 1.807) is 6.08 Å². The summed E-state index contributed by atoms with van der Waals surface area (Å²) in [5.41, 5.74) is 1.17. The molecule has 20 heavy (non-hydrogen) atoms. The molecule has 1 aromatic carbocycles. The fraction of sp³-hybridized carbons (Fsp3) is 0.438. The molecule has 1 aliphatic rings. The molecule has 1 fully saturated rings. The van der Waals surface area contributed by atoms with Crippen LogP contribution in [0.4, 0.5) is 4.79 Å². The van der Waals surface area contributed by atoms with Crippen LogP contribution in [0.1, 0.15) is 31.4 Å². The van der Waals surface area contributed by atoms with Crippen molar-refractivity contribution in [3.8, 4) is 0 Å². The van der Waals surface area contributed by atoms with E-state index in [1.807, 2.05) is 25.1 Å². The van der Waals surface area contributed by atoms with Crippen molar-refractivity contribution in [2.24, 2.45) is 0 Å². The predicted octanol–water partition coefficient (Wildman–Crippen LogP) is 2.78. The zero-order valence-electron chi connectivity index (χ0n) is 11.8. The van der Waals surface area contributed by atoms with Gasteiger partial charge in [-0.15, -0.1) is 6.58 Å². The highest BCUT2D eigenvalue weighted by Gasteiger charge is 2.25. The third kappa shape index (κ3) is 4.10. The third-order valence-corrected chi connectivity index (χ3v) is 3.50. The maximum absolute atomic E-state index is 11.8. The lowest BCUT2D eigenvalue weighted by Gasteiger charge is -2.30. The standard InChI is InChI=1S/C16H22N2O2/c1-3-12(2)17-16(19)18-14-9-10-20-15(11-14)13-7-5-4-6-8-13/h3-8,12,14-15H,1,9-11H2,2H3,(H2,17,18,19)/t12-,14-,15-/m0/s1. The molecule has 0 spiro atoms. The van der Waals surface area contributed by atoms with Gasteiger partial charge >= 0.3 is 6.03 Å². The Kier molecular flexibility index (Phi) is 5.18. The van der Waals surface area contributed by atoms with E-state index in [1.165, 1.54) is 5.56 Å². The topological polar surface area (TPSA) is 50.4 Å². The van der Waals surface area contributed by atoms with Crippen LogP contribution in [0.3, 0.4) is 0 Å². The van der Waals surface area contributed by atoms with Crippen molar-refractivity contribution < 1.29 is 9.53 Å². The lowest BCUT2D eigenvalue weighted by Crippen LogP contribution is -2.47. The Labute approximate surface area is 120 Å². The van der Waals surface area contributed by atoms with E-state index < -0.39 is 0 Å². The predicted molar refractivity (Wildman–Crippen MR) is 79.5 cm³/mol. The van der Waals surface area contributed by atoms with Crippen LogP contribution in [0.2, 0.25) is 0 Å². The third-order valence-electron chi connectivity index (χ3n) is 3.50.